The Morgan fingerprint density at radius 1 is 1.24 bits per heavy atom. The number of rotatable bonds is 3. The fourth-order valence-corrected chi connectivity index (χ4v) is 1.81. The number of hydrogen-bond acceptors (Lipinski definition) is 3. The molecule has 0 unspecified atom stereocenters. The van der Waals surface area contributed by atoms with Crippen LogP contribution in [-0.2, 0) is 6.61 Å². The highest BCUT2D eigenvalue weighted by atomic mass is 16.3. The van der Waals surface area contributed by atoms with E-state index in [0.717, 1.165) is 17.1 Å². The van der Waals surface area contributed by atoms with Gasteiger partial charge in [-0.05, 0) is 36.2 Å². The van der Waals surface area contributed by atoms with Gasteiger partial charge in [0.2, 0.25) is 0 Å². The molecule has 3 heteroatoms. The smallest absolute Gasteiger partial charge is 0.133 e. The second kappa shape index (κ2) is 4.97. The summed E-state index contributed by atoms with van der Waals surface area (Å²) in [6.07, 6.45) is 1.72. The molecule has 0 fully saturated rings. The van der Waals surface area contributed by atoms with Crippen LogP contribution >= 0.6 is 0 Å². The van der Waals surface area contributed by atoms with Gasteiger partial charge in [-0.15, -0.1) is 0 Å². The Morgan fingerprint density at radius 3 is 2.71 bits per heavy atom. The quantitative estimate of drug-likeness (QED) is 0.877. The van der Waals surface area contributed by atoms with Crippen molar-refractivity contribution in [2.24, 2.45) is 0 Å². The normalized spacial score (nSPS) is 10.3. The van der Waals surface area contributed by atoms with Gasteiger partial charge in [-0.25, -0.2) is 4.98 Å². The van der Waals surface area contributed by atoms with Gasteiger partial charge in [-0.2, -0.15) is 0 Å². The third-order valence-corrected chi connectivity index (χ3v) is 2.81. The number of anilines is 2. The number of para-hydroxylation sites is 1. The summed E-state index contributed by atoms with van der Waals surface area (Å²) in [7, 11) is 1.98. The Bertz CT molecular complexity index is 511. The lowest BCUT2D eigenvalue weighted by molar-refractivity contribution is 0.282. The molecule has 17 heavy (non-hydrogen) atoms. The van der Waals surface area contributed by atoms with E-state index in [0.29, 0.717) is 0 Å². The van der Waals surface area contributed by atoms with E-state index in [2.05, 4.69) is 24.0 Å². The molecular formula is C14H16N2O. The van der Waals surface area contributed by atoms with Crippen molar-refractivity contribution in [3.8, 4) is 0 Å². The first-order chi connectivity index (χ1) is 8.22. The summed E-state index contributed by atoms with van der Waals surface area (Å²) < 4.78 is 0. The van der Waals surface area contributed by atoms with Crippen LogP contribution in [0.3, 0.4) is 0 Å². The molecule has 0 saturated heterocycles. The lowest BCUT2D eigenvalue weighted by Crippen LogP contribution is -2.12. The van der Waals surface area contributed by atoms with Gasteiger partial charge in [0, 0.05) is 18.9 Å². The lowest BCUT2D eigenvalue weighted by Gasteiger charge is -2.20. The first-order valence-corrected chi connectivity index (χ1v) is 5.57. The molecule has 1 aromatic heterocycles. The maximum Gasteiger partial charge on any atom is 0.133 e. The van der Waals surface area contributed by atoms with Crippen LogP contribution in [0.5, 0.6) is 0 Å². The van der Waals surface area contributed by atoms with E-state index in [1.807, 2.05) is 36.2 Å². The monoisotopic (exact) mass is 228 g/mol. The largest absolute Gasteiger partial charge is 0.392 e. The minimum absolute atomic E-state index is 0.0388. The zero-order valence-electron chi connectivity index (χ0n) is 10.1. The van der Waals surface area contributed by atoms with Crippen LogP contribution in [0.1, 0.15) is 11.1 Å². The Morgan fingerprint density at radius 2 is 2.00 bits per heavy atom. The predicted molar refractivity (Wildman–Crippen MR) is 69.4 cm³/mol. The molecule has 0 radical (unpaired) electrons. The molecule has 0 amide bonds. The first-order valence-electron chi connectivity index (χ1n) is 5.57. The summed E-state index contributed by atoms with van der Waals surface area (Å²) in [5.74, 6) is 0.839. The maximum absolute atomic E-state index is 9.12. The van der Waals surface area contributed by atoms with Gasteiger partial charge in [0.05, 0.1) is 6.61 Å². The van der Waals surface area contributed by atoms with Crippen molar-refractivity contribution < 1.29 is 5.11 Å². The summed E-state index contributed by atoms with van der Waals surface area (Å²) in [5.41, 5.74) is 3.19. The SMILES string of the molecule is Cc1ccccc1N(C)c1cc(CO)ccn1. The molecule has 0 aliphatic rings. The number of pyridine rings is 1. The van der Waals surface area contributed by atoms with Crippen molar-refractivity contribution in [1.29, 1.82) is 0 Å². The average Bonchev–Trinajstić information content (AvgIpc) is 2.38. The molecule has 88 valence electrons. The van der Waals surface area contributed by atoms with Crippen molar-refractivity contribution in [1.82, 2.24) is 4.98 Å². The van der Waals surface area contributed by atoms with Gasteiger partial charge in [0.25, 0.3) is 0 Å². The van der Waals surface area contributed by atoms with Crippen molar-refractivity contribution in [3.05, 3.63) is 53.7 Å². The number of aliphatic hydroxyl groups excluding tert-OH is 1. The van der Waals surface area contributed by atoms with Gasteiger partial charge in [-0.1, -0.05) is 18.2 Å². The molecule has 2 rings (SSSR count). The Hall–Kier alpha value is -1.87. The summed E-state index contributed by atoms with van der Waals surface area (Å²) in [6.45, 7) is 2.11. The summed E-state index contributed by atoms with van der Waals surface area (Å²) in [5, 5.41) is 9.12. The van der Waals surface area contributed by atoms with E-state index in [-0.39, 0.29) is 6.61 Å². The average molecular weight is 228 g/mol. The minimum atomic E-state index is 0.0388. The molecular weight excluding hydrogens is 212 g/mol. The van der Waals surface area contributed by atoms with E-state index in [4.69, 9.17) is 5.11 Å². The molecule has 3 nitrogen and oxygen atoms in total. The van der Waals surface area contributed by atoms with Crippen molar-refractivity contribution >= 4 is 11.5 Å². The standard InChI is InChI=1S/C14H16N2O/c1-11-5-3-4-6-13(11)16(2)14-9-12(10-17)7-8-15-14/h3-9,17H,10H2,1-2H3. The molecule has 0 saturated carbocycles. The zero-order valence-corrected chi connectivity index (χ0v) is 10.1. The third-order valence-electron chi connectivity index (χ3n) is 2.81. The molecule has 0 bridgehead atoms. The number of aromatic nitrogens is 1. The maximum atomic E-state index is 9.12. The molecule has 0 aliphatic carbocycles. The molecule has 1 aromatic carbocycles. The van der Waals surface area contributed by atoms with Crippen LogP contribution in [0.25, 0.3) is 0 Å². The van der Waals surface area contributed by atoms with Crippen LogP contribution in [0.15, 0.2) is 42.6 Å². The predicted octanol–water partition coefficient (Wildman–Crippen LogP) is 2.65. The Labute approximate surface area is 101 Å². The second-order valence-electron chi connectivity index (χ2n) is 4.03. The van der Waals surface area contributed by atoms with Crippen LogP contribution in [0.4, 0.5) is 11.5 Å². The summed E-state index contributed by atoms with van der Waals surface area (Å²) in [6, 6.07) is 11.9. The summed E-state index contributed by atoms with van der Waals surface area (Å²) in [4.78, 5) is 6.34. The van der Waals surface area contributed by atoms with Crippen molar-refractivity contribution in [2.75, 3.05) is 11.9 Å². The Balaban J connectivity index is 2.37. The topological polar surface area (TPSA) is 36.4 Å². The minimum Gasteiger partial charge on any atom is -0.392 e. The van der Waals surface area contributed by atoms with Gasteiger partial charge in [-0.3, -0.25) is 0 Å². The first kappa shape index (κ1) is 11.6. The van der Waals surface area contributed by atoms with Crippen molar-refractivity contribution in [2.45, 2.75) is 13.5 Å². The molecule has 2 aromatic rings. The number of benzene rings is 1. The fourth-order valence-electron chi connectivity index (χ4n) is 1.81. The van der Waals surface area contributed by atoms with Crippen LogP contribution in [0.2, 0.25) is 0 Å². The number of aliphatic hydroxyl groups is 1. The Kier molecular flexibility index (Phi) is 3.40. The van der Waals surface area contributed by atoms with E-state index in [1.165, 1.54) is 5.56 Å². The van der Waals surface area contributed by atoms with E-state index < -0.39 is 0 Å². The lowest BCUT2D eigenvalue weighted by atomic mass is 10.2. The van der Waals surface area contributed by atoms with Gasteiger partial charge in [0.1, 0.15) is 5.82 Å². The summed E-state index contributed by atoms with van der Waals surface area (Å²) >= 11 is 0. The molecule has 1 heterocycles. The fraction of sp³-hybridized carbons (Fsp3) is 0.214. The number of nitrogens with zero attached hydrogens (tertiary/aromatic N) is 2. The van der Waals surface area contributed by atoms with E-state index >= 15 is 0 Å². The highest BCUT2D eigenvalue weighted by molar-refractivity contribution is 5.63. The van der Waals surface area contributed by atoms with Crippen LogP contribution < -0.4 is 4.90 Å². The third kappa shape index (κ3) is 2.45. The molecule has 0 spiro atoms. The highest BCUT2D eigenvalue weighted by Crippen LogP contribution is 2.25. The number of hydrogen-bond donors (Lipinski definition) is 1. The van der Waals surface area contributed by atoms with Gasteiger partial charge < -0.3 is 10.0 Å². The van der Waals surface area contributed by atoms with Crippen LogP contribution in [0, 0.1) is 6.92 Å². The van der Waals surface area contributed by atoms with E-state index in [9.17, 15) is 0 Å². The zero-order chi connectivity index (χ0) is 12.3. The molecule has 1 N–H and O–H groups in total. The van der Waals surface area contributed by atoms with Gasteiger partial charge in [0.15, 0.2) is 0 Å². The van der Waals surface area contributed by atoms with Crippen molar-refractivity contribution in [3.63, 3.8) is 0 Å². The molecule has 0 atom stereocenters. The second-order valence-corrected chi connectivity index (χ2v) is 4.03. The number of aryl methyl sites for hydroxylation is 1. The van der Waals surface area contributed by atoms with E-state index in [1.54, 1.807) is 6.20 Å². The molecule has 0 aliphatic heterocycles. The van der Waals surface area contributed by atoms with Gasteiger partial charge >= 0.3 is 0 Å². The van der Waals surface area contributed by atoms with Crippen LogP contribution in [-0.4, -0.2) is 17.1 Å². The highest BCUT2D eigenvalue weighted by Gasteiger charge is 2.07.